The van der Waals surface area contributed by atoms with E-state index in [1.54, 1.807) is 6.07 Å². The number of aromatic nitrogens is 2. The lowest BCUT2D eigenvalue weighted by Gasteiger charge is -2.12. The zero-order valence-corrected chi connectivity index (χ0v) is 9.18. The van der Waals surface area contributed by atoms with Gasteiger partial charge in [-0.15, -0.1) is 0 Å². The Morgan fingerprint density at radius 3 is 2.53 bits per heavy atom. The largest absolute Gasteiger partial charge is 0.476 e. The van der Waals surface area contributed by atoms with Crippen molar-refractivity contribution < 1.29 is 9.90 Å². The van der Waals surface area contributed by atoms with Crippen LogP contribution < -0.4 is 0 Å². The lowest BCUT2D eigenvalue weighted by Crippen LogP contribution is -2.08. The topological polar surface area (TPSA) is 66.0 Å². The van der Waals surface area contributed by atoms with Crippen LogP contribution in [0.3, 0.4) is 0 Å². The Kier molecular flexibility index (Phi) is 2.04. The maximum atomic E-state index is 10.8. The highest BCUT2D eigenvalue weighted by atomic mass is 16.4. The minimum absolute atomic E-state index is 0.0397. The fourth-order valence-corrected chi connectivity index (χ4v) is 2.27. The fourth-order valence-electron chi connectivity index (χ4n) is 2.27. The zero-order chi connectivity index (χ0) is 11.9. The highest BCUT2D eigenvalue weighted by Crippen LogP contribution is 2.52. The molecule has 1 aliphatic rings. The first kappa shape index (κ1) is 10.1. The van der Waals surface area contributed by atoms with Crippen molar-refractivity contribution in [1.82, 2.24) is 10.2 Å². The van der Waals surface area contributed by atoms with E-state index in [-0.39, 0.29) is 11.1 Å². The standard InChI is InChI=1S/C13H12N2O2/c16-12(17)10-8-11(15-14-10)13(6-7-13)9-4-2-1-3-5-9/h1-5,8H,6-7H2,(H,14,15)(H,16,17). The monoisotopic (exact) mass is 228 g/mol. The van der Waals surface area contributed by atoms with Crippen molar-refractivity contribution in [2.75, 3.05) is 0 Å². The molecule has 4 nitrogen and oxygen atoms in total. The Morgan fingerprint density at radius 1 is 1.29 bits per heavy atom. The molecule has 0 atom stereocenters. The van der Waals surface area contributed by atoms with E-state index in [4.69, 9.17) is 5.11 Å². The van der Waals surface area contributed by atoms with E-state index in [1.807, 2.05) is 18.2 Å². The SMILES string of the molecule is O=C(O)c1cc(C2(c3ccccc3)CC2)[nH]n1. The number of carboxylic acids is 1. The Hall–Kier alpha value is -2.10. The number of nitrogens with one attached hydrogen (secondary N) is 1. The first-order chi connectivity index (χ1) is 8.22. The van der Waals surface area contributed by atoms with Crippen LogP contribution in [0.15, 0.2) is 36.4 Å². The average molecular weight is 228 g/mol. The van der Waals surface area contributed by atoms with Gasteiger partial charge in [-0.1, -0.05) is 30.3 Å². The second-order valence-corrected chi connectivity index (χ2v) is 4.42. The lowest BCUT2D eigenvalue weighted by molar-refractivity contribution is 0.0690. The molecule has 4 heteroatoms. The van der Waals surface area contributed by atoms with E-state index in [0.29, 0.717) is 0 Å². The summed E-state index contributed by atoms with van der Waals surface area (Å²) in [4.78, 5) is 10.8. The highest BCUT2D eigenvalue weighted by molar-refractivity contribution is 5.85. The van der Waals surface area contributed by atoms with E-state index < -0.39 is 5.97 Å². The van der Waals surface area contributed by atoms with Crippen LogP contribution in [0, 0.1) is 0 Å². The van der Waals surface area contributed by atoms with Gasteiger partial charge in [0, 0.05) is 11.1 Å². The quantitative estimate of drug-likeness (QED) is 0.846. The third-order valence-corrected chi connectivity index (χ3v) is 3.39. The molecule has 0 amide bonds. The smallest absolute Gasteiger partial charge is 0.356 e. The molecule has 0 saturated heterocycles. The third-order valence-electron chi connectivity index (χ3n) is 3.39. The van der Waals surface area contributed by atoms with Gasteiger partial charge in [0.2, 0.25) is 0 Å². The van der Waals surface area contributed by atoms with Gasteiger partial charge in [-0.3, -0.25) is 5.10 Å². The summed E-state index contributed by atoms with van der Waals surface area (Å²) < 4.78 is 0. The number of H-pyrrole nitrogens is 1. The van der Waals surface area contributed by atoms with Crippen LogP contribution in [0.5, 0.6) is 0 Å². The highest BCUT2D eigenvalue weighted by Gasteiger charge is 2.47. The number of aromatic amines is 1. The molecule has 0 bridgehead atoms. The maximum Gasteiger partial charge on any atom is 0.356 e. The van der Waals surface area contributed by atoms with Gasteiger partial charge >= 0.3 is 5.97 Å². The van der Waals surface area contributed by atoms with Crippen LogP contribution >= 0.6 is 0 Å². The maximum absolute atomic E-state index is 10.8. The first-order valence-corrected chi connectivity index (χ1v) is 5.57. The van der Waals surface area contributed by atoms with Crippen molar-refractivity contribution in [1.29, 1.82) is 0 Å². The molecule has 1 aliphatic carbocycles. The van der Waals surface area contributed by atoms with Crippen molar-refractivity contribution in [2.45, 2.75) is 18.3 Å². The second kappa shape index (κ2) is 3.45. The first-order valence-electron chi connectivity index (χ1n) is 5.57. The lowest BCUT2D eigenvalue weighted by atomic mass is 9.92. The molecule has 1 fully saturated rings. The number of carboxylic acid groups (broad SMARTS) is 1. The summed E-state index contributed by atoms with van der Waals surface area (Å²) in [5, 5.41) is 15.6. The van der Waals surface area contributed by atoms with E-state index in [9.17, 15) is 4.79 Å². The van der Waals surface area contributed by atoms with Crippen LogP contribution in [0.2, 0.25) is 0 Å². The van der Waals surface area contributed by atoms with Gasteiger partial charge in [0.05, 0.1) is 0 Å². The molecule has 1 saturated carbocycles. The Morgan fingerprint density at radius 2 is 2.00 bits per heavy atom. The van der Waals surface area contributed by atoms with Crippen LogP contribution in [0.4, 0.5) is 0 Å². The predicted molar refractivity (Wildman–Crippen MR) is 62.0 cm³/mol. The molecule has 0 radical (unpaired) electrons. The van der Waals surface area contributed by atoms with Gasteiger partial charge in [-0.05, 0) is 24.5 Å². The van der Waals surface area contributed by atoms with Crippen LogP contribution in [0.25, 0.3) is 0 Å². The van der Waals surface area contributed by atoms with Gasteiger partial charge in [0.1, 0.15) is 0 Å². The second-order valence-electron chi connectivity index (χ2n) is 4.42. The third kappa shape index (κ3) is 1.53. The van der Waals surface area contributed by atoms with Gasteiger partial charge in [0.25, 0.3) is 0 Å². The van der Waals surface area contributed by atoms with Crippen molar-refractivity contribution in [3.63, 3.8) is 0 Å². The number of aromatic carboxylic acids is 1. The van der Waals surface area contributed by atoms with E-state index in [0.717, 1.165) is 18.5 Å². The Balaban J connectivity index is 2.01. The molecule has 86 valence electrons. The van der Waals surface area contributed by atoms with Gasteiger partial charge in [-0.2, -0.15) is 5.10 Å². The molecule has 1 aromatic heterocycles. The number of benzene rings is 1. The summed E-state index contributed by atoms with van der Waals surface area (Å²) >= 11 is 0. The van der Waals surface area contributed by atoms with Crippen molar-refractivity contribution >= 4 is 5.97 Å². The van der Waals surface area contributed by atoms with Crippen molar-refractivity contribution in [2.24, 2.45) is 0 Å². The minimum Gasteiger partial charge on any atom is -0.476 e. The number of rotatable bonds is 3. The molecule has 0 spiro atoms. The molecule has 2 N–H and O–H groups in total. The van der Waals surface area contributed by atoms with Crippen LogP contribution in [-0.2, 0) is 5.41 Å². The normalized spacial score (nSPS) is 16.7. The summed E-state index contributed by atoms with van der Waals surface area (Å²) in [6.07, 6.45) is 2.08. The molecule has 1 heterocycles. The number of hydrogen-bond donors (Lipinski definition) is 2. The molecule has 0 aliphatic heterocycles. The van der Waals surface area contributed by atoms with Crippen molar-refractivity contribution in [3.8, 4) is 0 Å². The molecule has 2 aromatic rings. The summed E-state index contributed by atoms with van der Waals surface area (Å²) in [5.41, 5.74) is 2.17. The molecule has 0 unspecified atom stereocenters. The Labute approximate surface area is 98.3 Å². The molecule has 17 heavy (non-hydrogen) atoms. The van der Waals surface area contributed by atoms with E-state index >= 15 is 0 Å². The van der Waals surface area contributed by atoms with Gasteiger partial charge in [-0.25, -0.2) is 4.79 Å². The Bertz CT molecular complexity index is 556. The molecule has 1 aromatic carbocycles. The fraction of sp³-hybridized carbons (Fsp3) is 0.231. The molecular formula is C13H12N2O2. The average Bonchev–Trinajstić information content (AvgIpc) is 3.00. The minimum atomic E-state index is -0.989. The van der Waals surface area contributed by atoms with E-state index in [1.165, 1.54) is 5.56 Å². The van der Waals surface area contributed by atoms with Gasteiger partial charge in [0.15, 0.2) is 5.69 Å². The zero-order valence-electron chi connectivity index (χ0n) is 9.18. The summed E-state index contributed by atoms with van der Waals surface area (Å²) in [6.45, 7) is 0. The summed E-state index contributed by atoms with van der Waals surface area (Å²) in [7, 11) is 0. The predicted octanol–water partition coefficient (Wildman–Crippen LogP) is 2.19. The molecular weight excluding hydrogens is 216 g/mol. The summed E-state index contributed by atoms with van der Waals surface area (Å²) in [5.74, 6) is -0.989. The van der Waals surface area contributed by atoms with Gasteiger partial charge < -0.3 is 5.11 Å². The number of hydrogen-bond acceptors (Lipinski definition) is 2. The number of carbonyl (C=O) groups is 1. The number of nitrogens with zero attached hydrogens (tertiary/aromatic N) is 1. The summed E-state index contributed by atoms with van der Waals surface area (Å²) in [6, 6.07) is 11.8. The molecule has 3 rings (SSSR count). The van der Waals surface area contributed by atoms with Crippen LogP contribution in [0.1, 0.15) is 34.6 Å². The van der Waals surface area contributed by atoms with Crippen LogP contribution in [-0.4, -0.2) is 21.3 Å². The van der Waals surface area contributed by atoms with Crippen molar-refractivity contribution in [3.05, 3.63) is 53.3 Å². The van der Waals surface area contributed by atoms with E-state index in [2.05, 4.69) is 22.3 Å².